The molecule has 9 heteroatoms. The highest BCUT2D eigenvalue weighted by Crippen LogP contribution is 2.38. The lowest BCUT2D eigenvalue weighted by Gasteiger charge is -2.29. The Labute approximate surface area is 341 Å². The van der Waals surface area contributed by atoms with Gasteiger partial charge in [-0.15, -0.1) is 0 Å². The van der Waals surface area contributed by atoms with Gasteiger partial charge in [0.25, 0.3) is 7.82 Å². The summed E-state index contributed by atoms with van der Waals surface area (Å²) in [5.41, 5.74) is 0. The van der Waals surface area contributed by atoms with E-state index in [1.54, 1.807) is 6.08 Å². The minimum Gasteiger partial charge on any atom is -0.756 e. The van der Waals surface area contributed by atoms with Crippen LogP contribution in [0, 0.1) is 0 Å². The van der Waals surface area contributed by atoms with E-state index in [1.165, 1.54) is 148 Å². The number of quaternary nitrogens is 1. The summed E-state index contributed by atoms with van der Waals surface area (Å²) >= 11 is 0. The largest absolute Gasteiger partial charge is 0.756 e. The van der Waals surface area contributed by atoms with Gasteiger partial charge in [-0.05, 0) is 32.1 Å². The molecule has 0 aromatic rings. The summed E-state index contributed by atoms with van der Waals surface area (Å²) in [5, 5.41) is 13.6. The number of rotatable bonds is 42. The quantitative estimate of drug-likeness (QED) is 0.0276. The summed E-state index contributed by atoms with van der Waals surface area (Å²) in [6, 6.07) is -0.895. The number of unbranched alkanes of at least 4 members (excludes halogenated alkanes) is 27. The molecule has 326 valence electrons. The van der Waals surface area contributed by atoms with E-state index in [4.69, 9.17) is 9.05 Å². The zero-order chi connectivity index (χ0) is 40.7. The highest BCUT2D eigenvalue weighted by Gasteiger charge is 2.23. The molecule has 0 saturated heterocycles. The first-order valence-electron chi connectivity index (χ1n) is 23.2. The maximum absolute atomic E-state index is 12.5. The summed E-state index contributed by atoms with van der Waals surface area (Å²) in [4.78, 5) is 24.9. The Hall–Kier alpha value is -1.02. The minimum absolute atomic E-state index is 0.00560. The third-order valence-corrected chi connectivity index (χ3v) is 11.4. The molecule has 0 spiro atoms. The second-order valence-corrected chi connectivity index (χ2v) is 18.5. The summed E-state index contributed by atoms with van der Waals surface area (Å²) < 4.78 is 23.0. The van der Waals surface area contributed by atoms with Gasteiger partial charge in [-0.25, -0.2) is 0 Å². The number of nitrogens with one attached hydrogen (secondary N) is 1. The van der Waals surface area contributed by atoms with Crippen LogP contribution in [0.3, 0.4) is 0 Å². The highest BCUT2D eigenvalue weighted by atomic mass is 31.2. The monoisotopic (exact) mass is 799 g/mol. The van der Waals surface area contributed by atoms with Gasteiger partial charge in [0, 0.05) is 6.42 Å². The summed E-state index contributed by atoms with van der Waals surface area (Å²) in [5.74, 6) is -0.225. The Morgan fingerprint density at radius 1 is 0.618 bits per heavy atom. The molecule has 0 bridgehead atoms. The van der Waals surface area contributed by atoms with Gasteiger partial charge in [0.2, 0.25) is 5.91 Å². The van der Waals surface area contributed by atoms with E-state index in [1.807, 2.05) is 27.2 Å². The van der Waals surface area contributed by atoms with Gasteiger partial charge in [-0.3, -0.25) is 9.36 Å². The Bertz CT molecular complexity index is 953. The molecule has 55 heavy (non-hydrogen) atoms. The number of phosphoric ester groups is 1. The standard InChI is InChI=1S/C46H91N2O6P/c1-6-8-10-12-13-14-15-16-17-18-19-20-21-22-23-24-25-26-27-28-29-30-31-32-33-34-35-36-37-39-45(49)44(47-46(50)40-38-11-9-7-2)43-54-55(51,52)53-42-41-48(3,4)5/h33-34,37,39,44-45,49H,6-32,35-36,38,40-43H2,1-5H3,(H-,47,50,51,52)/b34-33+,39-37+. The van der Waals surface area contributed by atoms with Crippen molar-refractivity contribution in [2.24, 2.45) is 0 Å². The molecule has 0 aliphatic heterocycles. The van der Waals surface area contributed by atoms with Crippen molar-refractivity contribution >= 4 is 13.7 Å². The summed E-state index contributed by atoms with van der Waals surface area (Å²) in [7, 11) is 1.24. The zero-order valence-electron chi connectivity index (χ0n) is 36.9. The van der Waals surface area contributed by atoms with Crippen LogP contribution in [-0.4, -0.2) is 68.5 Å². The Morgan fingerprint density at radius 2 is 1.02 bits per heavy atom. The van der Waals surface area contributed by atoms with Crippen molar-refractivity contribution in [3.05, 3.63) is 24.3 Å². The van der Waals surface area contributed by atoms with Crippen LogP contribution in [0.4, 0.5) is 0 Å². The zero-order valence-corrected chi connectivity index (χ0v) is 37.8. The smallest absolute Gasteiger partial charge is 0.268 e. The molecule has 3 atom stereocenters. The first kappa shape index (κ1) is 54.0. The number of aliphatic hydroxyl groups excluding tert-OH is 1. The van der Waals surface area contributed by atoms with E-state index in [0.717, 1.165) is 44.9 Å². The molecule has 0 fully saturated rings. The second kappa shape index (κ2) is 38.5. The highest BCUT2D eigenvalue weighted by molar-refractivity contribution is 7.45. The van der Waals surface area contributed by atoms with Gasteiger partial charge in [0.15, 0.2) is 0 Å². The van der Waals surface area contributed by atoms with E-state index in [9.17, 15) is 19.4 Å². The van der Waals surface area contributed by atoms with Crippen LogP contribution in [0.2, 0.25) is 0 Å². The lowest BCUT2D eigenvalue weighted by atomic mass is 10.0. The number of aliphatic hydroxyl groups is 1. The molecule has 1 amide bonds. The van der Waals surface area contributed by atoms with Crippen LogP contribution in [0.1, 0.15) is 213 Å². The summed E-state index contributed by atoms with van der Waals surface area (Å²) in [6.07, 6.45) is 46.1. The molecule has 0 aliphatic rings. The molecule has 0 rings (SSSR count). The van der Waals surface area contributed by atoms with Crippen LogP contribution in [0.15, 0.2) is 24.3 Å². The molecule has 2 N–H and O–H groups in total. The third-order valence-electron chi connectivity index (χ3n) is 10.4. The minimum atomic E-state index is -4.58. The lowest BCUT2D eigenvalue weighted by molar-refractivity contribution is -0.870. The number of hydrogen-bond acceptors (Lipinski definition) is 6. The van der Waals surface area contributed by atoms with Gasteiger partial charge in [-0.2, -0.15) is 0 Å². The van der Waals surface area contributed by atoms with Crippen LogP contribution in [0.5, 0.6) is 0 Å². The topological polar surface area (TPSA) is 108 Å². The first-order chi connectivity index (χ1) is 26.5. The van der Waals surface area contributed by atoms with Crippen LogP contribution < -0.4 is 10.2 Å². The molecule has 8 nitrogen and oxygen atoms in total. The van der Waals surface area contributed by atoms with Crippen molar-refractivity contribution in [1.82, 2.24) is 5.32 Å². The lowest BCUT2D eigenvalue weighted by Crippen LogP contribution is -2.45. The van der Waals surface area contributed by atoms with Crippen molar-refractivity contribution in [2.75, 3.05) is 40.9 Å². The van der Waals surface area contributed by atoms with Gasteiger partial charge in [0.1, 0.15) is 13.2 Å². The Balaban J connectivity index is 3.96. The summed E-state index contributed by atoms with van der Waals surface area (Å²) in [6.45, 7) is 4.50. The van der Waals surface area contributed by atoms with E-state index in [-0.39, 0.29) is 12.5 Å². The molecule has 0 radical (unpaired) electrons. The average Bonchev–Trinajstić information content (AvgIpc) is 3.13. The molecule has 3 unspecified atom stereocenters. The van der Waals surface area contributed by atoms with Crippen LogP contribution >= 0.6 is 7.82 Å². The van der Waals surface area contributed by atoms with Gasteiger partial charge >= 0.3 is 0 Å². The van der Waals surface area contributed by atoms with Gasteiger partial charge < -0.3 is 28.8 Å². The number of hydrogen-bond donors (Lipinski definition) is 2. The van der Waals surface area contributed by atoms with Crippen molar-refractivity contribution in [2.45, 2.75) is 225 Å². The van der Waals surface area contributed by atoms with E-state index >= 15 is 0 Å². The molecule has 0 aliphatic carbocycles. The number of carbonyl (C=O) groups is 1. The predicted octanol–water partition coefficient (Wildman–Crippen LogP) is 12.3. The average molecular weight is 799 g/mol. The van der Waals surface area contributed by atoms with Crippen LogP contribution in [0.25, 0.3) is 0 Å². The number of amides is 1. The Morgan fingerprint density at radius 3 is 1.47 bits per heavy atom. The predicted molar refractivity (Wildman–Crippen MR) is 233 cm³/mol. The normalized spacial score (nSPS) is 14.5. The fourth-order valence-electron chi connectivity index (χ4n) is 6.70. The number of allylic oxidation sites excluding steroid dienone is 3. The molecule has 0 aromatic carbocycles. The maximum atomic E-state index is 12.5. The first-order valence-corrected chi connectivity index (χ1v) is 24.7. The maximum Gasteiger partial charge on any atom is 0.268 e. The van der Waals surface area contributed by atoms with Crippen molar-refractivity contribution in [1.29, 1.82) is 0 Å². The number of nitrogens with zero attached hydrogens (tertiary/aromatic N) is 1. The van der Waals surface area contributed by atoms with Crippen molar-refractivity contribution < 1.29 is 32.9 Å². The van der Waals surface area contributed by atoms with Crippen molar-refractivity contribution in [3.8, 4) is 0 Å². The number of carbonyl (C=O) groups excluding carboxylic acids is 1. The fraction of sp³-hybridized carbons (Fsp3) is 0.891. The molecule has 0 aromatic heterocycles. The van der Waals surface area contributed by atoms with Gasteiger partial charge in [0.05, 0.1) is 39.9 Å². The van der Waals surface area contributed by atoms with Crippen molar-refractivity contribution in [3.63, 3.8) is 0 Å². The SMILES string of the molecule is CCCCCCCCCCCCCCCCCCCCCCCCC/C=C/CC/C=C/C(O)C(COP(=O)([O-])OCC[N+](C)(C)C)NC(=O)CCCCCC. The number of phosphoric acid groups is 1. The van der Waals surface area contributed by atoms with E-state index in [0.29, 0.717) is 17.4 Å². The number of likely N-dealkylation sites (N-methyl/N-ethyl adjacent to an activating group) is 1. The molecular weight excluding hydrogens is 707 g/mol. The Kier molecular flexibility index (Phi) is 37.8. The van der Waals surface area contributed by atoms with E-state index in [2.05, 4.69) is 31.3 Å². The second-order valence-electron chi connectivity index (χ2n) is 17.1. The fourth-order valence-corrected chi connectivity index (χ4v) is 7.42. The molecule has 0 heterocycles. The third kappa shape index (κ3) is 41.0. The van der Waals surface area contributed by atoms with E-state index < -0.39 is 26.6 Å². The van der Waals surface area contributed by atoms with Crippen LogP contribution in [-0.2, 0) is 18.4 Å². The van der Waals surface area contributed by atoms with Gasteiger partial charge in [-0.1, -0.05) is 199 Å². The molecule has 0 saturated carbocycles. The molecular formula is C46H91N2O6P.